The molecular weight excluding hydrogens is 243 g/mol. The first-order chi connectivity index (χ1) is 7.92. The van der Waals surface area contributed by atoms with Gasteiger partial charge in [-0.25, -0.2) is 12.8 Å². The molecule has 17 heavy (non-hydrogen) atoms. The largest absolute Gasteiger partial charge is 0.393 e. The lowest BCUT2D eigenvalue weighted by molar-refractivity contribution is 0.181. The number of aliphatic hydroxyl groups is 1. The average molecular weight is 260 g/mol. The Morgan fingerprint density at radius 3 is 2.65 bits per heavy atom. The van der Waals surface area contributed by atoms with E-state index in [0.29, 0.717) is 19.3 Å². The Hall–Kier alpha value is -0.940. The van der Waals surface area contributed by atoms with Crippen molar-refractivity contribution in [3.8, 4) is 0 Å². The van der Waals surface area contributed by atoms with Gasteiger partial charge in [-0.3, -0.25) is 0 Å². The first kappa shape index (κ1) is 14.1. The van der Waals surface area contributed by atoms with Crippen LogP contribution in [0.4, 0.5) is 4.39 Å². The summed E-state index contributed by atoms with van der Waals surface area (Å²) in [7, 11) is -3.40. The van der Waals surface area contributed by atoms with E-state index in [-0.39, 0.29) is 10.6 Å². The molecule has 3 nitrogen and oxygen atoms in total. The van der Waals surface area contributed by atoms with Crippen LogP contribution in [0.3, 0.4) is 0 Å². The molecule has 0 bridgehead atoms. The van der Waals surface area contributed by atoms with Crippen LogP contribution in [-0.4, -0.2) is 25.4 Å². The molecule has 0 fully saturated rings. The predicted octanol–water partition coefficient (Wildman–Crippen LogP) is 2.15. The SMILES string of the molecule is CC(O)CCCCS(=O)(=O)c1cccc(F)c1. The maximum absolute atomic E-state index is 12.9. The number of benzene rings is 1. The van der Waals surface area contributed by atoms with Gasteiger partial charge in [0.25, 0.3) is 0 Å². The summed E-state index contributed by atoms with van der Waals surface area (Å²) in [6.07, 6.45) is 1.29. The molecule has 0 aliphatic heterocycles. The molecule has 0 aliphatic rings. The molecule has 0 aromatic heterocycles. The third-order valence-corrected chi connectivity index (χ3v) is 4.24. The smallest absolute Gasteiger partial charge is 0.178 e. The normalized spacial score (nSPS) is 13.6. The monoisotopic (exact) mass is 260 g/mol. The maximum atomic E-state index is 12.9. The van der Waals surface area contributed by atoms with Crippen molar-refractivity contribution in [1.29, 1.82) is 0 Å². The van der Waals surface area contributed by atoms with Gasteiger partial charge in [0.2, 0.25) is 0 Å². The molecule has 1 unspecified atom stereocenters. The second kappa shape index (κ2) is 6.12. The van der Waals surface area contributed by atoms with Gasteiger partial charge in [0.1, 0.15) is 5.82 Å². The van der Waals surface area contributed by atoms with E-state index >= 15 is 0 Å². The summed E-state index contributed by atoms with van der Waals surface area (Å²) in [5.41, 5.74) is 0. The molecule has 96 valence electrons. The Balaban J connectivity index is 2.57. The Bertz CT molecular complexity index is 455. The number of aliphatic hydroxyl groups excluding tert-OH is 1. The summed E-state index contributed by atoms with van der Waals surface area (Å²) in [5, 5.41) is 9.04. The van der Waals surface area contributed by atoms with Crippen LogP contribution in [0.25, 0.3) is 0 Å². The summed E-state index contributed by atoms with van der Waals surface area (Å²) in [6, 6.07) is 5.03. The van der Waals surface area contributed by atoms with Crippen molar-refractivity contribution in [2.24, 2.45) is 0 Å². The minimum absolute atomic E-state index is 0.0107. The fraction of sp³-hybridized carbons (Fsp3) is 0.500. The number of unbranched alkanes of at least 4 members (excludes halogenated alkanes) is 1. The van der Waals surface area contributed by atoms with Gasteiger partial charge in [-0.2, -0.15) is 0 Å². The Kier molecular flexibility index (Phi) is 5.08. The summed E-state index contributed by atoms with van der Waals surface area (Å²) in [6.45, 7) is 1.67. The fourth-order valence-electron chi connectivity index (χ4n) is 1.51. The molecule has 0 spiro atoms. The number of sulfone groups is 1. The molecule has 0 aliphatic carbocycles. The van der Waals surface area contributed by atoms with Crippen molar-refractivity contribution in [3.05, 3.63) is 30.1 Å². The van der Waals surface area contributed by atoms with Gasteiger partial charge in [-0.15, -0.1) is 0 Å². The Morgan fingerprint density at radius 1 is 1.35 bits per heavy atom. The molecule has 0 amide bonds. The first-order valence-electron chi connectivity index (χ1n) is 5.58. The summed E-state index contributed by atoms with van der Waals surface area (Å²) in [5.74, 6) is -0.557. The second-order valence-electron chi connectivity index (χ2n) is 4.12. The quantitative estimate of drug-likeness (QED) is 0.797. The van der Waals surface area contributed by atoms with E-state index < -0.39 is 21.8 Å². The van der Waals surface area contributed by atoms with E-state index in [1.807, 2.05) is 0 Å². The average Bonchev–Trinajstić information content (AvgIpc) is 2.24. The first-order valence-corrected chi connectivity index (χ1v) is 7.23. The standard InChI is InChI=1S/C12H17FO3S/c1-10(14)5-2-3-8-17(15,16)12-7-4-6-11(13)9-12/h4,6-7,9-10,14H,2-3,5,8H2,1H3. The van der Waals surface area contributed by atoms with Crippen molar-refractivity contribution in [2.75, 3.05) is 5.75 Å². The highest BCUT2D eigenvalue weighted by Gasteiger charge is 2.14. The van der Waals surface area contributed by atoms with Gasteiger partial charge in [-0.05, 0) is 44.4 Å². The van der Waals surface area contributed by atoms with Crippen molar-refractivity contribution < 1.29 is 17.9 Å². The molecule has 1 rings (SSSR count). The molecule has 1 aromatic carbocycles. The summed E-state index contributed by atoms with van der Waals surface area (Å²) >= 11 is 0. The van der Waals surface area contributed by atoms with E-state index in [9.17, 15) is 12.8 Å². The minimum Gasteiger partial charge on any atom is -0.393 e. The molecular formula is C12H17FO3S. The number of hydrogen-bond acceptors (Lipinski definition) is 3. The third-order valence-electron chi connectivity index (χ3n) is 2.44. The molecule has 0 heterocycles. The van der Waals surface area contributed by atoms with Gasteiger partial charge >= 0.3 is 0 Å². The molecule has 0 saturated carbocycles. The maximum Gasteiger partial charge on any atom is 0.178 e. The van der Waals surface area contributed by atoms with Crippen LogP contribution in [0.1, 0.15) is 26.2 Å². The van der Waals surface area contributed by atoms with Crippen LogP contribution in [0.5, 0.6) is 0 Å². The molecule has 1 N–H and O–H groups in total. The zero-order valence-electron chi connectivity index (χ0n) is 9.77. The van der Waals surface area contributed by atoms with Crippen LogP contribution in [-0.2, 0) is 9.84 Å². The van der Waals surface area contributed by atoms with E-state index in [4.69, 9.17) is 5.11 Å². The van der Waals surface area contributed by atoms with Crippen molar-refractivity contribution in [3.63, 3.8) is 0 Å². The summed E-state index contributed by atoms with van der Waals surface area (Å²) in [4.78, 5) is 0.0227. The van der Waals surface area contributed by atoms with Gasteiger partial charge in [0.15, 0.2) is 9.84 Å². The number of rotatable bonds is 6. The highest BCUT2D eigenvalue weighted by Crippen LogP contribution is 2.14. The molecule has 5 heteroatoms. The lowest BCUT2D eigenvalue weighted by Crippen LogP contribution is -2.08. The topological polar surface area (TPSA) is 54.4 Å². The van der Waals surface area contributed by atoms with Crippen LogP contribution in [0.2, 0.25) is 0 Å². The van der Waals surface area contributed by atoms with Crippen molar-refractivity contribution in [1.82, 2.24) is 0 Å². The Morgan fingerprint density at radius 2 is 2.06 bits per heavy atom. The minimum atomic E-state index is -3.40. The van der Waals surface area contributed by atoms with Crippen LogP contribution < -0.4 is 0 Å². The van der Waals surface area contributed by atoms with Crippen LogP contribution in [0, 0.1) is 5.82 Å². The zero-order chi connectivity index (χ0) is 12.9. The second-order valence-corrected chi connectivity index (χ2v) is 6.23. The van der Waals surface area contributed by atoms with E-state index in [1.165, 1.54) is 18.2 Å². The summed E-state index contributed by atoms with van der Waals surface area (Å²) < 4.78 is 36.5. The Labute approximate surface area is 101 Å². The van der Waals surface area contributed by atoms with Crippen molar-refractivity contribution >= 4 is 9.84 Å². The third kappa shape index (κ3) is 4.83. The van der Waals surface area contributed by atoms with Gasteiger partial charge < -0.3 is 5.11 Å². The highest BCUT2D eigenvalue weighted by molar-refractivity contribution is 7.91. The van der Waals surface area contributed by atoms with Crippen LogP contribution >= 0.6 is 0 Å². The zero-order valence-corrected chi connectivity index (χ0v) is 10.6. The number of hydrogen-bond donors (Lipinski definition) is 1. The lowest BCUT2D eigenvalue weighted by atomic mass is 10.2. The van der Waals surface area contributed by atoms with Gasteiger partial charge in [-0.1, -0.05) is 6.07 Å². The van der Waals surface area contributed by atoms with Crippen molar-refractivity contribution in [2.45, 2.75) is 37.2 Å². The molecule has 1 aromatic rings. The fourth-order valence-corrected chi connectivity index (χ4v) is 2.91. The molecule has 1 atom stereocenters. The molecule has 0 saturated heterocycles. The highest BCUT2D eigenvalue weighted by atomic mass is 32.2. The van der Waals surface area contributed by atoms with E-state index in [1.54, 1.807) is 6.92 Å². The lowest BCUT2D eigenvalue weighted by Gasteiger charge is -2.05. The number of halogens is 1. The van der Waals surface area contributed by atoms with E-state index in [0.717, 1.165) is 6.07 Å². The van der Waals surface area contributed by atoms with Gasteiger partial charge in [0, 0.05) is 0 Å². The molecule has 0 radical (unpaired) electrons. The van der Waals surface area contributed by atoms with E-state index in [2.05, 4.69) is 0 Å². The van der Waals surface area contributed by atoms with Crippen LogP contribution in [0.15, 0.2) is 29.2 Å². The van der Waals surface area contributed by atoms with Gasteiger partial charge in [0.05, 0.1) is 16.8 Å². The predicted molar refractivity (Wildman–Crippen MR) is 64.0 cm³/mol.